The first-order valence-electron chi connectivity index (χ1n) is 6.36. The van der Waals surface area contributed by atoms with E-state index in [1.165, 1.54) is 6.08 Å². The van der Waals surface area contributed by atoms with E-state index in [9.17, 15) is 4.79 Å². The molecule has 1 heterocycles. The predicted octanol–water partition coefficient (Wildman–Crippen LogP) is 3.72. The van der Waals surface area contributed by atoms with Crippen molar-refractivity contribution in [3.63, 3.8) is 0 Å². The lowest BCUT2D eigenvalue weighted by atomic mass is 10.2. The first-order valence-corrected chi connectivity index (χ1v) is 7.53. The van der Waals surface area contributed by atoms with Gasteiger partial charge in [-0.25, -0.2) is 4.98 Å². The number of aromatic nitrogens is 1. The predicted molar refractivity (Wildman–Crippen MR) is 88.8 cm³/mol. The normalized spacial score (nSPS) is 10.9. The smallest absolute Gasteiger partial charge is 0.262 e. The average Bonchev–Trinajstić information content (AvgIpc) is 2.51. The summed E-state index contributed by atoms with van der Waals surface area (Å²) < 4.78 is 0.634. The van der Waals surface area contributed by atoms with Gasteiger partial charge in [-0.15, -0.1) is 0 Å². The summed E-state index contributed by atoms with van der Waals surface area (Å²) in [4.78, 5) is 16.2. The summed E-state index contributed by atoms with van der Waals surface area (Å²) >= 11 is 9.26. The van der Waals surface area contributed by atoms with Crippen LogP contribution in [0.1, 0.15) is 11.3 Å². The van der Waals surface area contributed by atoms with E-state index in [2.05, 4.69) is 26.2 Å². The van der Waals surface area contributed by atoms with Crippen LogP contribution in [0.2, 0.25) is 5.02 Å². The minimum Gasteiger partial charge on any atom is -0.347 e. The van der Waals surface area contributed by atoms with Crippen molar-refractivity contribution in [3.05, 3.63) is 68.9 Å². The van der Waals surface area contributed by atoms with E-state index in [1.807, 2.05) is 24.3 Å². The first kappa shape index (κ1) is 16.2. The fourth-order valence-corrected chi connectivity index (χ4v) is 2.27. The van der Waals surface area contributed by atoms with Gasteiger partial charge in [-0.3, -0.25) is 4.79 Å². The second kappa shape index (κ2) is 7.74. The largest absolute Gasteiger partial charge is 0.347 e. The highest BCUT2D eigenvalue weighted by atomic mass is 79.9. The van der Waals surface area contributed by atoms with Crippen LogP contribution in [0.15, 0.2) is 52.6 Å². The fraction of sp³-hybridized carbons (Fsp3) is 0.0625. The number of hydrogen-bond donors (Lipinski definition) is 1. The topological polar surface area (TPSA) is 65.8 Å². The first-order chi connectivity index (χ1) is 10.6. The molecule has 0 atom stereocenters. The van der Waals surface area contributed by atoms with Crippen LogP contribution >= 0.6 is 27.5 Å². The average molecular weight is 377 g/mol. The third kappa shape index (κ3) is 4.42. The maximum absolute atomic E-state index is 12.1. The summed E-state index contributed by atoms with van der Waals surface area (Å²) in [6.07, 6.45) is 1.44. The summed E-state index contributed by atoms with van der Waals surface area (Å²) in [6.45, 7) is 0.253. The minimum atomic E-state index is -0.468. The van der Waals surface area contributed by atoms with Crippen molar-refractivity contribution < 1.29 is 4.79 Å². The molecular weight excluding hydrogens is 366 g/mol. The molecule has 0 aliphatic carbocycles. The lowest BCUT2D eigenvalue weighted by Gasteiger charge is -2.06. The van der Waals surface area contributed by atoms with Gasteiger partial charge in [-0.05, 0) is 45.8 Å². The van der Waals surface area contributed by atoms with Crippen LogP contribution in [0, 0.1) is 11.3 Å². The maximum Gasteiger partial charge on any atom is 0.262 e. The molecule has 1 aromatic heterocycles. The Balaban J connectivity index is 2.10. The highest BCUT2D eigenvalue weighted by molar-refractivity contribution is 9.10. The molecule has 0 spiro atoms. The quantitative estimate of drug-likeness (QED) is 0.502. The van der Waals surface area contributed by atoms with Gasteiger partial charge in [-0.2, -0.15) is 5.26 Å². The molecule has 0 aliphatic heterocycles. The zero-order chi connectivity index (χ0) is 15.9. The zero-order valence-electron chi connectivity index (χ0n) is 11.4. The van der Waals surface area contributed by atoms with Gasteiger partial charge in [0.25, 0.3) is 5.91 Å². The number of carbonyl (C=O) groups is 1. The SMILES string of the molecule is N#C/C(=C\c1cccc(Br)n1)C(=O)NCc1ccccc1Cl. The minimum absolute atomic E-state index is 0.0161. The Morgan fingerprint density at radius 1 is 1.32 bits per heavy atom. The molecule has 0 aliphatic rings. The number of rotatable bonds is 4. The zero-order valence-corrected chi connectivity index (χ0v) is 13.7. The van der Waals surface area contributed by atoms with E-state index in [0.717, 1.165) is 5.56 Å². The molecule has 22 heavy (non-hydrogen) atoms. The Bertz CT molecular complexity index is 768. The highest BCUT2D eigenvalue weighted by Crippen LogP contribution is 2.15. The number of benzene rings is 1. The summed E-state index contributed by atoms with van der Waals surface area (Å²) in [7, 11) is 0. The lowest BCUT2D eigenvalue weighted by molar-refractivity contribution is -0.117. The number of amides is 1. The number of pyridine rings is 1. The van der Waals surface area contributed by atoms with Crippen LogP contribution < -0.4 is 5.32 Å². The fourth-order valence-electron chi connectivity index (χ4n) is 1.71. The molecule has 0 saturated heterocycles. The van der Waals surface area contributed by atoms with Gasteiger partial charge in [0.2, 0.25) is 0 Å². The van der Waals surface area contributed by atoms with Crippen molar-refractivity contribution >= 4 is 39.5 Å². The molecule has 1 N–H and O–H groups in total. The van der Waals surface area contributed by atoms with Gasteiger partial charge in [0.05, 0.1) is 5.69 Å². The molecule has 0 unspecified atom stereocenters. The van der Waals surface area contributed by atoms with E-state index >= 15 is 0 Å². The Hall–Kier alpha value is -2.16. The molecule has 0 saturated carbocycles. The summed E-state index contributed by atoms with van der Waals surface area (Å²) in [5, 5.41) is 12.4. The van der Waals surface area contributed by atoms with Gasteiger partial charge in [0.15, 0.2) is 0 Å². The monoisotopic (exact) mass is 375 g/mol. The molecule has 4 nitrogen and oxygen atoms in total. The Kier molecular flexibility index (Phi) is 5.70. The number of nitrogens with zero attached hydrogens (tertiary/aromatic N) is 2. The van der Waals surface area contributed by atoms with Gasteiger partial charge >= 0.3 is 0 Å². The lowest BCUT2D eigenvalue weighted by Crippen LogP contribution is -2.24. The number of halogens is 2. The van der Waals surface area contributed by atoms with E-state index in [0.29, 0.717) is 15.3 Å². The van der Waals surface area contributed by atoms with Crippen LogP contribution in [0.25, 0.3) is 6.08 Å². The third-order valence-corrected chi connectivity index (χ3v) is 3.60. The van der Waals surface area contributed by atoms with Crippen LogP contribution in [0.4, 0.5) is 0 Å². The number of hydrogen-bond acceptors (Lipinski definition) is 3. The number of carbonyl (C=O) groups excluding carboxylic acids is 1. The molecule has 6 heteroatoms. The second-order valence-electron chi connectivity index (χ2n) is 4.33. The van der Waals surface area contributed by atoms with E-state index in [4.69, 9.17) is 16.9 Å². The molecule has 110 valence electrons. The Morgan fingerprint density at radius 3 is 2.77 bits per heavy atom. The van der Waals surface area contributed by atoms with Crippen LogP contribution in [0.3, 0.4) is 0 Å². The Labute approximate surface area is 141 Å². The van der Waals surface area contributed by atoms with E-state index < -0.39 is 5.91 Å². The van der Waals surface area contributed by atoms with Crippen molar-refractivity contribution in [1.29, 1.82) is 5.26 Å². The van der Waals surface area contributed by atoms with Gasteiger partial charge < -0.3 is 5.32 Å². The summed E-state index contributed by atoms with van der Waals surface area (Å²) in [6, 6.07) is 14.3. The van der Waals surface area contributed by atoms with E-state index in [1.54, 1.807) is 24.3 Å². The molecule has 0 fully saturated rings. The van der Waals surface area contributed by atoms with Crippen molar-refractivity contribution in [2.75, 3.05) is 0 Å². The number of nitrogens with one attached hydrogen (secondary N) is 1. The van der Waals surface area contributed by atoms with Crippen molar-refractivity contribution in [2.24, 2.45) is 0 Å². The van der Waals surface area contributed by atoms with Crippen LogP contribution in [-0.4, -0.2) is 10.9 Å². The van der Waals surface area contributed by atoms with E-state index in [-0.39, 0.29) is 12.1 Å². The van der Waals surface area contributed by atoms with Crippen molar-refractivity contribution in [1.82, 2.24) is 10.3 Å². The van der Waals surface area contributed by atoms with Gasteiger partial charge in [-0.1, -0.05) is 35.9 Å². The van der Waals surface area contributed by atoms with Crippen molar-refractivity contribution in [3.8, 4) is 6.07 Å². The summed E-state index contributed by atoms with van der Waals surface area (Å²) in [5.74, 6) is -0.468. The molecular formula is C16H11BrClN3O. The highest BCUT2D eigenvalue weighted by Gasteiger charge is 2.10. The third-order valence-electron chi connectivity index (χ3n) is 2.79. The molecule has 0 bridgehead atoms. The van der Waals surface area contributed by atoms with Gasteiger partial charge in [0, 0.05) is 11.6 Å². The molecule has 2 aromatic rings. The Morgan fingerprint density at radius 2 is 2.09 bits per heavy atom. The summed E-state index contributed by atoms with van der Waals surface area (Å²) in [5.41, 5.74) is 1.30. The molecule has 0 radical (unpaired) electrons. The second-order valence-corrected chi connectivity index (χ2v) is 5.55. The standard InChI is InChI=1S/C16H11BrClN3O/c17-15-7-3-5-13(21-15)8-12(9-19)16(22)20-10-11-4-1-2-6-14(11)18/h1-8H,10H2,(H,20,22)/b12-8+. The molecule has 2 rings (SSSR count). The van der Waals surface area contributed by atoms with Crippen LogP contribution in [-0.2, 0) is 11.3 Å². The van der Waals surface area contributed by atoms with Crippen molar-refractivity contribution in [2.45, 2.75) is 6.54 Å². The molecule has 1 aromatic carbocycles. The van der Waals surface area contributed by atoms with Gasteiger partial charge in [0.1, 0.15) is 16.2 Å². The number of nitriles is 1. The maximum atomic E-state index is 12.1. The van der Waals surface area contributed by atoms with Crippen LogP contribution in [0.5, 0.6) is 0 Å². The molecule has 1 amide bonds.